The van der Waals surface area contributed by atoms with Crippen LogP contribution in [0.25, 0.3) is 0 Å². The first kappa shape index (κ1) is 10.7. The Bertz CT molecular complexity index is 460. The molecule has 1 aromatic carbocycles. The van der Waals surface area contributed by atoms with Crippen molar-refractivity contribution in [1.82, 2.24) is 5.32 Å². The van der Waals surface area contributed by atoms with Gasteiger partial charge in [-0.1, -0.05) is 6.07 Å². The maximum absolute atomic E-state index is 11.4. The van der Waals surface area contributed by atoms with Crippen LogP contribution < -0.4 is 21.3 Å². The smallest absolute Gasteiger partial charge is 0.321 e. The molecule has 1 aliphatic rings. The topological polar surface area (TPSA) is 70.4 Å². The second-order valence-electron chi connectivity index (χ2n) is 3.51. The van der Waals surface area contributed by atoms with Gasteiger partial charge in [0.05, 0.1) is 5.69 Å². The highest BCUT2D eigenvalue weighted by Gasteiger charge is 2.22. The Kier molecular flexibility index (Phi) is 2.66. The molecule has 0 radical (unpaired) electrons. The zero-order chi connectivity index (χ0) is 11.7. The molecule has 0 atom stereocenters. The molecule has 2 rings (SSSR count). The Balaban J connectivity index is 2.44. The Hall–Kier alpha value is -1.82. The zero-order valence-corrected chi connectivity index (χ0v) is 9.60. The fourth-order valence-electron chi connectivity index (χ4n) is 1.72. The number of amides is 2. The summed E-state index contributed by atoms with van der Waals surface area (Å²) in [5, 5.41) is 5.88. The van der Waals surface area contributed by atoms with Gasteiger partial charge in [-0.3, -0.25) is 4.90 Å². The van der Waals surface area contributed by atoms with Gasteiger partial charge >= 0.3 is 6.03 Å². The molecule has 0 unspecified atom stereocenters. The van der Waals surface area contributed by atoms with Crippen molar-refractivity contribution in [1.29, 1.82) is 0 Å². The van der Waals surface area contributed by atoms with E-state index in [-0.39, 0.29) is 11.1 Å². The lowest BCUT2D eigenvalue weighted by Crippen LogP contribution is -2.42. The molecule has 2 amide bonds. The number of carbonyl (C=O) groups excluding carboxylic acids is 1. The first-order valence-electron chi connectivity index (χ1n) is 4.79. The maximum atomic E-state index is 11.4. The lowest BCUT2D eigenvalue weighted by molar-refractivity contribution is 0.246. The first-order chi connectivity index (χ1) is 7.59. The third-order valence-electron chi connectivity index (χ3n) is 2.49. The van der Waals surface area contributed by atoms with E-state index in [4.69, 9.17) is 18.0 Å². The van der Waals surface area contributed by atoms with Gasteiger partial charge < -0.3 is 16.4 Å². The van der Waals surface area contributed by atoms with E-state index >= 15 is 0 Å². The number of anilines is 2. The number of urea groups is 1. The molecule has 1 aliphatic heterocycles. The fourth-order valence-corrected chi connectivity index (χ4v) is 1.83. The van der Waals surface area contributed by atoms with E-state index in [1.54, 1.807) is 11.9 Å². The Labute approximate surface area is 98.6 Å². The number of rotatable bonds is 1. The molecule has 0 aromatic heterocycles. The number of carbonyl (C=O) groups is 1. The molecule has 0 spiro atoms. The van der Waals surface area contributed by atoms with E-state index in [0.29, 0.717) is 6.54 Å². The summed E-state index contributed by atoms with van der Waals surface area (Å²) in [5.74, 6) is 0. The monoisotopic (exact) mass is 236 g/mol. The van der Waals surface area contributed by atoms with Gasteiger partial charge in [0.2, 0.25) is 0 Å². The van der Waals surface area contributed by atoms with E-state index < -0.39 is 0 Å². The summed E-state index contributed by atoms with van der Waals surface area (Å²) in [4.78, 5) is 13.0. The van der Waals surface area contributed by atoms with Crippen molar-refractivity contribution in [2.75, 3.05) is 17.3 Å². The second-order valence-corrected chi connectivity index (χ2v) is 3.95. The zero-order valence-electron chi connectivity index (χ0n) is 8.78. The number of benzene rings is 1. The van der Waals surface area contributed by atoms with Crippen LogP contribution in [0.3, 0.4) is 0 Å². The number of hydrogen-bond donors (Lipinski definition) is 3. The highest BCUT2D eigenvalue weighted by atomic mass is 32.1. The molecule has 4 N–H and O–H groups in total. The SMILES string of the molecule is CN1C(=O)NCc2c(NC(N)=S)cccc21. The Morgan fingerprint density at radius 1 is 1.62 bits per heavy atom. The van der Waals surface area contributed by atoms with E-state index in [9.17, 15) is 4.79 Å². The quantitative estimate of drug-likeness (QED) is 0.636. The van der Waals surface area contributed by atoms with E-state index in [1.807, 2.05) is 18.2 Å². The number of hydrogen-bond acceptors (Lipinski definition) is 2. The number of nitrogens with zero attached hydrogens (tertiary/aromatic N) is 1. The number of nitrogens with two attached hydrogens (primary N) is 1. The van der Waals surface area contributed by atoms with Gasteiger partial charge in [-0.15, -0.1) is 0 Å². The van der Waals surface area contributed by atoms with Crippen LogP contribution in [0.4, 0.5) is 16.2 Å². The van der Waals surface area contributed by atoms with Gasteiger partial charge in [-0.05, 0) is 24.4 Å². The number of thiocarbonyl (C=S) groups is 1. The van der Waals surface area contributed by atoms with Crippen molar-refractivity contribution in [2.45, 2.75) is 6.54 Å². The molecule has 16 heavy (non-hydrogen) atoms. The standard InChI is InChI=1S/C10H12N4OS/c1-14-8-4-2-3-7(13-9(11)16)6(8)5-12-10(14)15/h2-4H,5H2,1H3,(H,12,15)(H3,11,13,16). The minimum atomic E-state index is -0.111. The molecule has 1 heterocycles. The van der Waals surface area contributed by atoms with Crippen LogP contribution in [0.2, 0.25) is 0 Å². The third kappa shape index (κ3) is 1.79. The average molecular weight is 236 g/mol. The minimum absolute atomic E-state index is 0.111. The van der Waals surface area contributed by atoms with Crippen LogP contribution in [0.5, 0.6) is 0 Å². The van der Waals surface area contributed by atoms with Crippen molar-refractivity contribution in [3.8, 4) is 0 Å². The third-order valence-corrected chi connectivity index (χ3v) is 2.59. The molecule has 0 fully saturated rings. The van der Waals surface area contributed by atoms with Crippen molar-refractivity contribution >= 4 is 34.7 Å². The largest absolute Gasteiger partial charge is 0.376 e. The number of nitrogens with one attached hydrogen (secondary N) is 2. The predicted molar refractivity (Wildman–Crippen MR) is 67.5 cm³/mol. The van der Waals surface area contributed by atoms with Crippen LogP contribution in [0, 0.1) is 0 Å². The highest BCUT2D eigenvalue weighted by molar-refractivity contribution is 7.80. The van der Waals surface area contributed by atoms with Gasteiger partial charge in [0.25, 0.3) is 0 Å². The van der Waals surface area contributed by atoms with Crippen molar-refractivity contribution < 1.29 is 4.79 Å². The van der Waals surface area contributed by atoms with Gasteiger partial charge in [0, 0.05) is 24.8 Å². The summed E-state index contributed by atoms with van der Waals surface area (Å²) in [5.41, 5.74) is 8.12. The summed E-state index contributed by atoms with van der Waals surface area (Å²) < 4.78 is 0. The van der Waals surface area contributed by atoms with Crippen molar-refractivity contribution in [2.24, 2.45) is 5.73 Å². The van der Waals surface area contributed by atoms with Crippen LogP contribution in [-0.4, -0.2) is 18.2 Å². The van der Waals surface area contributed by atoms with E-state index in [1.165, 1.54) is 0 Å². The summed E-state index contributed by atoms with van der Waals surface area (Å²) >= 11 is 4.80. The fraction of sp³-hybridized carbons (Fsp3) is 0.200. The first-order valence-corrected chi connectivity index (χ1v) is 5.20. The molecule has 0 aliphatic carbocycles. The van der Waals surface area contributed by atoms with E-state index in [2.05, 4.69) is 10.6 Å². The second kappa shape index (κ2) is 3.97. The summed E-state index contributed by atoms with van der Waals surface area (Å²) in [6.45, 7) is 0.476. The molecule has 0 bridgehead atoms. The summed E-state index contributed by atoms with van der Waals surface area (Å²) in [6, 6.07) is 5.51. The van der Waals surface area contributed by atoms with Gasteiger partial charge in [0.15, 0.2) is 5.11 Å². The minimum Gasteiger partial charge on any atom is -0.376 e. The van der Waals surface area contributed by atoms with Crippen LogP contribution in [0.1, 0.15) is 5.56 Å². The normalized spacial score (nSPS) is 14.1. The maximum Gasteiger partial charge on any atom is 0.321 e. The molecular formula is C10H12N4OS. The van der Waals surface area contributed by atoms with Gasteiger partial charge in [-0.25, -0.2) is 4.79 Å². The predicted octanol–water partition coefficient (Wildman–Crippen LogP) is 1.00. The molecule has 0 saturated carbocycles. The van der Waals surface area contributed by atoms with Crippen molar-refractivity contribution in [3.05, 3.63) is 23.8 Å². The summed E-state index contributed by atoms with van der Waals surface area (Å²) in [7, 11) is 1.72. The van der Waals surface area contributed by atoms with Crippen LogP contribution in [-0.2, 0) is 6.54 Å². The lowest BCUT2D eigenvalue weighted by atomic mass is 10.1. The molecule has 6 heteroatoms. The van der Waals surface area contributed by atoms with Crippen LogP contribution in [0.15, 0.2) is 18.2 Å². The van der Waals surface area contributed by atoms with Gasteiger partial charge in [0.1, 0.15) is 0 Å². The Morgan fingerprint density at radius 2 is 2.38 bits per heavy atom. The van der Waals surface area contributed by atoms with E-state index in [0.717, 1.165) is 16.9 Å². The molecule has 5 nitrogen and oxygen atoms in total. The average Bonchev–Trinajstić information content (AvgIpc) is 2.23. The highest BCUT2D eigenvalue weighted by Crippen LogP contribution is 2.29. The molecule has 1 aromatic rings. The lowest BCUT2D eigenvalue weighted by Gasteiger charge is -2.28. The van der Waals surface area contributed by atoms with Gasteiger partial charge in [-0.2, -0.15) is 0 Å². The molecule has 0 saturated heterocycles. The van der Waals surface area contributed by atoms with Crippen LogP contribution >= 0.6 is 12.2 Å². The van der Waals surface area contributed by atoms with Crippen molar-refractivity contribution in [3.63, 3.8) is 0 Å². The number of fused-ring (bicyclic) bond motifs is 1. The molecular weight excluding hydrogens is 224 g/mol. The molecule has 84 valence electrons. The summed E-state index contributed by atoms with van der Waals surface area (Å²) in [6.07, 6.45) is 0. The Morgan fingerprint density at radius 3 is 3.06 bits per heavy atom.